The Kier molecular flexibility index (Phi) is 6.62. The van der Waals surface area contributed by atoms with Crippen LogP contribution in [0.2, 0.25) is 0 Å². The highest BCUT2D eigenvalue weighted by atomic mass is 35.5. The predicted octanol–water partition coefficient (Wildman–Crippen LogP) is 4.44. The summed E-state index contributed by atoms with van der Waals surface area (Å²) >= 11 is 5.97. The number of hydrogen-bond acceptors (Lipinski definition) is 4. The Morgan fingerprint density at radius 3 is 2.55 bits per heavy atom. The largest absolute Gasteiger partial charge is 0.683 e. The average Bonchev–Trinajstić information content (AvgIpc) is 2.55. The van der Waals surface area contributed by atoms with Crippen molar-refractivity contribution in [3.63, 3.8) is 0 Å². The molecule has 0 bridgehead atoms. The lowest BCUT2D eigenvalue weighted by molar-refractivity contribution is -0.153. The molecule has 1 unspecified atom stereocenters. The van der Waals surface area contributed by atoms with Gasteiger partial charge in [-0.25, -0.2) is 4.52 Å². The first kappa shape index (κ1) is 17.2. The maximum absolute atomic E-state index is 12.1. The second kappa shape index (κ2) is 8.47. The molecule has 120 valence electrons. The van der Waals surface area contributed by atoms with E-state index in [0.717, 1.165) is 29.9 Å². The molecular formula is C15H20ClNO4P+. The zero-order chi connectivity index (χ0) is 15.9. The van der Waals surface area contributed by atoms with Crippen LogP contribution in [0.3, 0.4) is 0 Å². The molecule has 0 spiro atoms. The Hall–Kier alpha value is -1.16. The van der Waals surface area contributed by atoms with Crippen LogP contribution in [0.5, 0.6) is 5.75 Å². The van der Waals surface area contributed by atoms with E-state index in [9.17, 15) is 9.36 Å². The van der Waals surface area contributed by atoms with Crippen molar-refractivity contribution >= 4 is 25.9 Å². The predicted molar refractivity (Wildman–Crippen MR) is 84.8 cm³/mol. The number of esters is 1. The normalized spacial score (nSPS) is 17.9. The highest BCUT2D eigenvalue weighted by Crippen LogP contribution is 2.35. The molecule has 0 aliphatic heterocycles. The molecule has 0 saturated heterocycles. The smallest absolute Gasteiger partial charge is 0.461 e. The second-order valence-corrected chi connectivity index (χ2v) is 6.99. The Labute approximate surface area is 136 Å². The van der Waals surface area contributed by atoms with Gasteiger partial charge >= 0.3 is 14.1 Å². The van der Waals surface area contributed by atoms with E-state index in [-0.39, 0.29) is 6.10 Å². The highest BCUT2D eigenvalue weighted by molar-refractivity contribution is 7.38. The molecule has 2 rings (SSSR count). The van der Waals surface area contributed by atoms with Crippen molar-refractivity contribution in [2.45, 2.75) is 51.2 Å². The summed E-state index contributed by atoms with van der Waals surface area (Å²) in [6.45, 7) is 1.56. The van der Waals surface area contributed by atoms with Crippen molar-refractivity contribution in [2.24, 2.45) is 0 Å². The third-order valence-corrected chi connectivity index (χ3v) is 5.27. The van der Waals surface area contributed by atoms with Gasteiger partial charge < -0.3 is 4.74 Å². The summed E-state index contributed by atoms with van der Waals surface area (Å²) in [5.41, 5.74) is 0. The standard InChI is InChI=1S/C15H20ClNO4P/c1-12(15(18)20-13-8-4-2-5-9-13)17(16)22(19)21-14-10-6-3-7-11-14/h3,6-7,10-13H,2,4-5,8-9H2,1H3/q+1/t12-/m0/s1. The molecule has 1 aromatic rings. The number of halogens is 1. The van der Waals surface area contributed by atoms with Gasteiger partial charge in [0, 0.05) is 20.5 Å². The van der Waals surface area contributed by atoms with Gasteiger partial charge in [0.2, 0.25) is 0 Å². The van der Waals surface area contributed by atoms with Gasteiger partial charge in [0.25, 0.3) is 0 Å². The number of benzene rings is 1. The first-order valence-electron chi connectivity index (χ1n) is 7.43. The molecular weight excluding hydrogens is 325 g/mol. The lowest BCUT2D eigenvalue weighted by Gasteiger charge is -2.23. The molecule has 1 fully saturated rings. The summed E-state index contributed by atoms with van der Waals surface area (Å²) in [6.07, 6.45) is 5.04. The third kappa shape index (κ3) is 4.94. The molecule has 0 heterocycles. The molecule has 1 aromatic carbocycles. The summed E-state index contributed by atoms with van der Waals surface area (Å²) in [5.74, 6) is -0.0379. The number of nitrogens with zero attached hydrogens (tertiary/aromatic N) is 1. The minimum absolute atomic E-state index is 0.0540. The lowest BCUT2D eigenvalue weighted by Crippen LogP contribution is -2.33. The minimum atomic E-state index is -2.37. The summed E-state index contributed by atoms with van der Waals surface area (Å²) < 4.78 is 23.6. The fourth-order valence-corrected chi connectivity index (χ4v) is 3.21. The monoisotopic (exact) mass is 344 g/mol. The molecule has 5 nitrogen and oxygen atoms in total. The molecule has 1 aliphatic carbocycles. The Morgan fingerprint density at radius 2 is 1.91 bits per heavy atom. The van der Waals surface area contributed by atoms with Gasteiger partial charge in [0.05, 0.1) is 0 Å². The number of para-hydroxylation sites is 1. The van der Waals surface area contributed by atoms with E-state index in [1.807, 2.05) is 6.07 Å². The van der Waals surface area contributed by atoms with Crippen LogP contribution >= 0.6 is 20.0 Å². The number of rotatable bonds is 6. The zero-order valence-electron chi connectivity index (χ0n) is 12.5. The van der Waals surface area contributed by atoms with Crippen LogP contribution in [0.25, 0.3) is 0 Å². The van der Waals surface area contributed by atoms with Crippen molar-refractivity contribution in [1.82, 2.24) is 4.19 Å². The molecule has 1 saturated carbocycles. The van der Waals surface area contributed by atoms with E-state index in [1.165, 1.54) is 6.42 Å². The van der Waals surface area contributed by atoms with E-state index in [0.29, 0.717) is 5.75 Å². The van der Waals surface area contributed by atoms with Gasteiger partial charge in [-0.15, -0.1) is 0 Å². The van der Waals surface area contributed by atoms with Crippen molar-refractivity contribution in [2.75, 3.05) is 0 Å². The fraction of sp³-hybridized carbons (Fsp3) is 0.533. The quantitative estimate of drug-likeness (QED) is 0.433. The number of carbonyl (C=O) groups is 1. The van der Waals surface area contributed by atoms with E-state index < -0.39 is 20.2 Å². The van der Waals surface area contributed by atoms with Gasteiger partial charge in [-0.1, -0.05) is 24.6 Å². The Balaban J connectivity index is 1.85. The van der Waals surface area contributed by atoms with Crippen molar-refractivity contribution in [1.29, 1.82) is 0 Å². The summed E-state index contributed by atoms with van der Waals surface area (Å²) in [7, 11) is -2.37. The summed E-state index contributed by atoms with van der Waals surface area (Å²) in [4.78, 5) is 12.1. The van der Waals surface area contributed by atoms with Crippen LogP contribution in [0.1, 0.15) is 39.0 Å². The first-order chi connectivity index (χ1) is 10.6. The molecule has 1 aliphatic rings. The van der Waals surface area contributed by atoms with Gasteiger partial charge in [-0.05, 0) is 44.7 Å². The first-order valence-corrected chi connectivity index (χ1v) is 8.90. The van der Waals surface area contributed by atoms with E-state index in [1.54, 1.807) is 31.2 Å². The van der Waals surface area contributed by atoms with E-state index in [2.05, 4.69) is 0 Å². The molecule has 0 radical (unpaired) electrons. The van der Waals surface area contributed by atoms with Gasteiger partial charge in [0.1, 0.15) is 6.10 Å². The third-order valence-electron chi connectivity index (χ3n) is 3.58. The Morgan fingerprint density at radius 1 is 1.27 bits per heavy atom. The van der Waals surface area contributed by atoms with Crippen LogP contribution in [0.4, 0.5) is 0 Å². The molecule has 0 aromatic heterocycles. The van der Waals surface area contributed by atoms with Gasteiger partial charge in [0.15, 0.2) is 11.8 Å². The van der Waals surface area contributed by atoms with Crippen LogP contribution in [0.15, 0.2) is 30.3 Å². The number of ether oxygens (including phenoxy) is 1. The minimum Gasteiger partial charge on any atom is -0.461 e. The van der Waals surface area contributed by atoms with Crippen LogP contribution in [-0.4, -0.2) is 22.3 Å². The average molecular weight is 345 g/mol. The van der Waals surface area contributed by atoms with Crippen LogP contribution in [-0.2, 0) is 14.1 Å². The van der Waals surface area contributed by atoms with Gasteiger partial charge in [-0.2, -0.15) is 0 Å². The van der Waals surface area contributed by atoms with E-state index in [4.69, 9.17) is 21.0 Å². The van der Waals surface area contributed by atoms with Crippen LogP contribution in [0, 0.1) is 0 Å². The lowest BCUT2D eigenvalue weighted by atomic mass is 9.98. The van der Waals surface area contributed by atoms with Crippen LogP contribution < -0.4 is 4.52 Å². The number of hydrogen-bond donors (Lipinski definition) is 0. The molecule has 22 heavy (non-hydrogen) atoms. The molecule has 7 heteroatoms. The second-order valence-electron chi connectivity index (χ2n) is 5.30. The molecule has 0 amide bonds. The summed E-state index contributed by atoms with van der Waals surface area (Å²) in [6, 6.07) is 7.85. The van der Waals surface area contributed by atoms with Crippen molar-refractivity contribution in [3.05, 3.63) is 30.3 Å². The fourth-order valence-electron chi connectivity index (χ4n) is 2.28. The SMILES string of the molecule is C[C@@H](C(=O)OC1CCCCC1)N(Cl)[P+](=O)Oc1ccccc1. The summed E-state index contributed by atoms with van der Waals surface area (Å²) in [5, 5.41) is 0. The maximum Gasteiger partial charge on any atom is 0.683 e. The maximum atomic E-state index is 12.1. The number of carbonyl (C=O) groups excluding carboxylic acids is 1. The van der Waals surface area contributed by atoms with Gasteiger partial charge in [-0.3, -0.25) is 4.79 Å². The highest BCUT2D eigenvalue weighted by Gasteiger charge is 2.40. The van der Waals surface area contributed by atoms with Crippen molar-refractivity contribution < 1.29 is 18.6 Å². The van der Waals surface area contributed by atoms with E-state index >= 15 is 0 Å². The Bertz CT molecular complexity index is 508. The van der Waals surface area contributed by atoms with Crippen molar-refractivity contribution in [3.8, 4) is 5.75 Å². The zero-order valence-corrected chi connectivity index (χ0v) is 14.1. The topological polar surface area (TPSA) is 55.8 Å². The molecule has 2 atom stereocenters. The molecule has 0 N–H and O–H groups in total.